The molecule has 0 saturated heterocycles. The molecule has 1 aromatic carbocycles. The number of allylic oxidation sites excluding steroid dienone is 1. The standard InChI is InChI=1S/C13H15F3IN/c1-2-3-4-5-9-18(17)12-8-6-7-11(10-12)13(14,15)16/h2,6-8,10H,1,3-5,9H2. The maximum atomic E-state index is 12.6. The van der Waals surface area contributed by atoms with Crippen LogP contribution in [0.2, 0.25) is 0 Å². The topological polar surface area (TPSA) is 3.24 Å². The van der Waals surface area contributed by atoms with Crippen LogP contribution in [0.25, 0.3) is 0 Å². The highest BCUT2D eigenvalue weighted by Crippen LogP contribution is 2.32. The maximum absolute atomic E-state index is 12.6. The van der Waals surface area contributed by atoms with Crippen LogP contribution in [0.5, 0.6) is 0 Å². The number of hydrogen-bond donors (Lipinski definition) is 0. The molecule has 0 heterocycles. The molecule has 0 saturated carbocycles. The first-order valence-corrected chi connectivity index (χ1v) is 6.63. The molecular formula is C13H15F3IN. The zero-order valence-corrected chi connectivity index (χ0v) is 12.0. The van der Waals surface area contributed by atoms with Crippen molar-refractivity contribution in [3.63, 3.8) is 0 Å². The molecule has 18 heavy (non-hydrogen) atoms. The lowest BCUT2D eigenvalue weighted by Gasteiger charge is -2.18. The summed E-state index contributed by atoms with van der Waals surface area (Å²) >= 11 is 2.04. The van der Waals surface area contributed by atoms with Crippen LogP contribution in [-0.2, 0) is 6.18 Å². The van der Waals surface area contributed by atoms with Gasteiger partial charge >= 0.3 is 6.18 Å². The van der Waals surface area contributed by atoms with Gasteiger partial charge in [0.2, 0.25) is 0 Å². The van der Waals surface area contributed by atoms with E-state index in [9.17, 15) is 13.2 Å². The predicted octanol–water partition coefficient (Wildman–Crippen LogP) is 5.22. The van der Waals surface area contributed by atoms with Crippen LogP contribution in [0.15, 0.2) is 36.9 Å². The fourth-order valence-corrected chi connectivity index (χ4v) is 2.14. The van der Waals surface area contributed by atoms with Gasteiger partial charge in [-0.25, -0.2) is 0 Å². The first-order chi connectivity index (χ1) is 8.45. The van der Waals surface area contributed by atoms with Crippen molar-refractivity contribution in [1.82, 2.24) is 0 Å². The number of halogens is 4. The van der Waals surface area contributed by atoms with E-state index in [1.54, 1.807) is 6.07 Å². The Morgan fingerprint density at radius 2 is 2.00 bits per heavy atom. The predicted molar refractivity (Wildman–Crippen MR) is 76.9 cm³/mol. The summed E-state index contributed by atoms with van der Waals surface area (Å²) in [6, 6.07) is 5.40. The van der Waals surface area contributed by atoms with Gasteiger partial charge in [0.25, 0.3) is 0 Å². The van der Waals surface area contributed by atoms with Crippen molar-refractivity contribution in [2.24, 2.45) is 0 Å². The minimum atomic E-state index is -4.28. The fraction of sp³-hybridized carbons (Fsp3) is 0.385. The van der Waals surface area contributed by atoms with Crippen molar-refractivity contribution < 1.29 is 13.2 Å². The molecule has 0 unspecified atom stereocenters. The quantitative estimate of drug-likeness (QED) is 0.288. The van der Waals surface area contributed by atoms with Crippen molar-refractivity contribution >= 4 is 28.6 Å². The SMILES string of the molecule is C=CCCCCN(I)c1cccc(C(F)(F)F)c1. The molecule has 0 aliphatic rings. The van der Waals surface area contributed by atoms with Gasteiger partial charge in [-0.3, -0.25) is 0 Å². The molecule has 1 nitrogen and oxygen atoms in total. The monoisotopic (exact) mass is 369 g/mol. The minimum absolute atomic E-state index is 0.587. The Kier molecular flexibility index (Phi) is 5.98. The van der Waals surface area contributed by atoms with Crippen molar-refractivity contribution in [2.45, 2.75) is 25.4 Å². The summed E-state index contributed by atoms with van der Waals surface area (Å²) in [5.41, 5.74) is -0.0169. The zero-order valence-electron chi connectivity index (χ0n) is 9.88. The van der Waals surface area contributed by atoms with E-state index in [1.165, 1.54) is 12.1 Å². The molecule has 0 fully saturated rings. The number of alkyl halides is 3. The van der Waals surface area contributed by atoms with E-state index >= 15 is 0 Å². The van der Waals surface area contributed by atoms with E-state index in [-0.39, 0.29) is 0 Å². The lowest BCUT2D eigenvalue weighted by Crippen LogP contribution is -2.12. The van der Waals surface area contributed by atoms with Crippen molar-refractivity contribution in [3.05, 3.63) is 42.5 Å². The lowest BCUT2D eigenvalue weighted by atomic mass is 10.2. The first kappa shape index (κ1) is 15.3. The summed E-state index contributed by atoms with van der Waals surface area (Å²) in [5.74, 6) is 0. The Hall–Kier alpha value is -0.720. The lowest BCUT2D eigenvalue weighted by molar-refractivity contribution is -0.137. The zero-order chi connectivity index (χ0) is 13.6. The molecule has 0 N–H and O–H groups in total. The molecule has 0 spiro atoms. The van der Waals surface area contributed by atoms with Gasteiger partial charge in [0.1, 0.15) is 0 Å². The van der Waals surface area contributed by atoms with Gasteiger partial charge in [-0.2, -0.15) is 13.2 Å². The van der Waals surface area contributed by atoms with Gasteiger partial charge in [-0.15, -0.1) is 6.58 Å². The molecule has 100 valence electrons. The van der Waals surface area contributed by atoms with Gasteiger partial charge in [-0.05, 0) is 37.5 Å². The Morgan fingerprint density at radius 1 is 1.28 bits per heavy atom. The summed E-state index contributed by atoms with van der Waals surface area (Å²) in [6.07, 6.45) is 0.443. The minimum Gasteiger partial charge on any atom is -0.315 e. The molecule has 0 bridgehead atoms. The van der Waals surface area contributed by atoms with Crippen LogP contribution in [-0.4, -0.2) is 6.54 Å². The van der Waals surface area contributed by atoms with E-state index in [4.69, 9.17) is 0 Å². The third-order valence-corrected chi connectivity index (χ3v) is 3.51. The Bertz CT molecular complexity index is 390. The van der Waals surface area contributed by atoms with Crippen molar-refractivity contribution in [3.8, 4) is 0 Å². The molecule has 5 heteroatoms. The molecule has 1 rings (SSSR count). The van der Waals surface area contributed by atoms with Crippen LogP contribution >= 0.6 is 22.9 Å². The van der Waals surface area contributed by atoms with Crippen LogP contribution < -0.4 is 3.11 Å². The summed E-state index contributed by atoms with van der Waals surface area (Å²) in [4.78, 5) is 0. The number of rotatable bonds is 6. The van der Waals surface area contributed by atoms with Crippen LogP contribution in [0.1, 0.15) is 24.8 Å². The second-order valence-electron chi connectivity index (χ2n) is 3.92. The van der Waals surface area contributed by atoms with E-state index in [0.29, 0.717) is 5.69 Å². The van der Waals surface area contributed by atoms with E-state index < -0.39 is 11.7 Å². The van der Waals surface area contributed by atoms with Crippen molar-refractivity contribution in [2.75, 3.05) is 9.66 Å². The van der Waals surface area contributed by atoms with Gasteiger partial charge in [0.05, 0.1) is 28.4 Å². The normalized spacial score (nSPS) is 11.3. The smallest absolute Gasteiger partial charge is 0.315 e. The van der Waals surface area contributed by atoms with E-state index in [0.717, 1.165) is 31.9 Å². The number of unbranched alkanes of at least 4 members (excludes halogenated alkanes) is 2. The fourth-order valence-electron chi connectivity index (χ4n) is 1.50. The number of nitrogens with zero attached hydrogens (tertiary/aromatic N) is 1. The van der Waals surface area contributed by atoms with Gasteiger partial charge < -0.3 is 3.11 Å². The highest BCUT2D eigenvalue weighted by atomic mass is 127. The van der Waals surface area contributed by atoms with E-state index in [1.807, 2.05) is 32.1 Å². The van der Waals surface area contributed by atoms with Crippen LogP contribution in [0, 0.1) is 0 Å². The van der Waals surface area contributed by atoms with Gasteiger partial charge in [-0.1, -0.05) is 12.1 Å². The average molecular weight is 369 g/mol. The largest absolute Gasteiger partial charge is 0.416 e. The summed E-state index contributed by atoms with van der Waals surface area (Å²) in [5, 5.41) is 0. The van der Waals surface area contributed by atoms with Gasteiger partial charge in [0.15, 0.2) is 0 Å². The molecule has 0 amide bonds. The van der Waals surface area contributed by atoms with Crippen molar-refractivity contribution in [1.29, 1.82) is 0 Å². The highest BCUT2D eigenvalue weighted by Gasteiger charge is 2.30. The molecule has 0 aliphatic carbocycles. The molecule has 0 aliphatic heterocycles. The second-order valence-corrected chi connectivity index (χ2v) is 5.08. The Morgan fingerprint density at radius 3 is 2.61 bits per heavy atom. The molecule has 0 radical (unpaired) electrons. The maximum Gasteiger partial charge on any atom is 0.416 e. The summed E-state index contributed by atoms with van der Waals surface area (Å²) in [6.45, 7) is 4.37. The average Bonchev–Trinajstić information content (AvgIpc) is 2.33. The summed E-state index contributed by atoms with van der Waals surface area (Å²) in [7, 11) is 0. The number of hydrogen-bond acceptors (Lipinski definition) is 1. The Labute approximate surface area is 119 Å². The summed E-state index contributed by atoms with van der Waals surface area (Å²) < 4.78 is 39.5. The van der Waals surface area contributed by atoms with Gasteiger partial charge in [0, 0.05) is 12.2 Å². The molecular weight excluding hydrogens is 354 g/mol. The van der Waals surface area contributed by atoms with E-state index in [2.05, 4.69) is 6.58 Å². The number of benzene rings is 1. The molecule has 0 atom stereocenters. The first-order valence-electron chi connectivity index (χ1n) is 5.66. The third-order valence-electron chi connectivity index (χ3n) is 2.47. The highest BCUT2D eigenvalue weighted by molar-refractivity contribution is 14.1. The Balaban J connectivity index is 2.62. The second kappa shape index (κ2) is 7.01. The third kappa shape index (κ3) is 4.88. The molecule has 1 aromatic rings. The van der Waals surface area contributed by atoms with Crippen LogP contribution in [0.3, 0.4) is 0 Å². The van der Waals surface area contributed by atoms with Crippen LogP contribution in [0.4, 0.5) is 18.9 Å². The number of anilines is 1. The molecule has 0 aromatic heterocycles.